The van der Waals surface area contributed by atoms with Crippen LogP contribution in [-0.2, 0) is 19.6 Å². The Balaban J connectivity index is 2.08. The number of nitrogens with one attached hydrogen (secondary N) is 1. The lowest BCUT2D eigenvalue weighted by Crippen LogP contribution is -2.42. The monoisotopic (exact) mass is 311 g/mol. The molecule has 1 aliphatic rings. The third kappa shape index (κ3) is 3.59. The van der Waals surface area contributed by atoms with Crippen LogP contribution in [0.2, 0.25) is 0 Å². The van der Waals surface area contributed by atoms with Gasteiger partial charge in [-0.05, 0) is 37.1 Å². The first-order valence-electron chi connectivity index (χ1n) is 6.50. The van der Waals surface area contributed by atoms with Crippen molar-refractivity contribution < 1.29 is 18.0 Å². The summed E-state index contributed by atoms with van der Waals surface area (Å²) in [6.45, 7) is 2.02. The van der Waals surface area contributed by atoms with Crippen LogP contribution in [0.3, 0.4) is 0 Å². The van der Waals surface area contributed by atoms with E-state index in [1.807, 2.05) is 0 Å². The smallest absolute Gasteiger partial charge is 0.247 e. The van der Waals surface area contributed by atoms with Gasteiger partial charge in [-0.2, -0.15) is 0 Å². The summed E-state index contributed by atoms with van der Waals surface area (Å²) < 4.78 is 22.3. The second-order valence-electron chi connectivity index (χ2n) is 4.93. The minimum atomic E-state index is -3.75. The van der Waals surface area contributed by atoms with E-state index in [4.69, 9.17) is 5.14 Å². The van der Waals surface area contributed by atoms with Crippen LogP contribution in [0.5, 0.6) is 0 Å². The fourth-order valence-electron chi connectivity index (χ4n) is 2.37. The minimum absolute atomic E-state index is 0.0215. The maximum Gasteiger partial charge on any atom is 0.247 e. The van der Waals surface area contributed by atoms with Gasteiger partial charge in [-0.15, -0.1) is 0 Å². The standard InChI is InChI=1S/C13H17N3O4S/c1-9(17)16-8-2-3-12(16)13(18)15-10-4-6-11(7-5-10)21(14,19)20/h4-7,12H,2-3,8H2,1H3,(H,15,18)(H2,14,19,20)/t12-/m1/s1. The van der Waals surface area contributed by atoms with Gasteiger partial charge in [0, 0.05) is 19.2 Å². The molecule has 1 aromatic rings. The Morgan fingerprint density at radius 2 is 1.90 bits per heavy atom. The van der Waals surface area contributed by atoms with Crippen molar-refractivity contribution in [2.45, 2.75) is 30.7 Å². The molecule has 1 atom stereocenters. The molecule has 0 bridgehead atoms. The van der Waals surface area contributed by atoms with Crippen LogP contribution in [0.25, 0.3) is 0 Å². The van der Waals surface area contributed by atoms with Gasteiger partial charge in [0.2, 0.25) is 21.8 Å². The lowest BCUT2D eigenvalue weighted by Gasteiger charge is -2.22. The number of anilines is 1. The van der Waals surface area contributed by atoms with Crippen LogP contribution >= 0.6 is 0 Å². The molecule has 8 heteroatoms. The molecular weight excluding hydrogens is 294 g/mol. The van der Waals surface area contributed by atoms with Crippen molar-refractivity contribution in [3.05, 3.63) is 24.3 Å². The molecule has 0 radical (unpaired) electrons. The molecule has 2 amide bonds. The van der Waals surface area contributed by atoms with E-state index in [0.29, 0.717) is 18.7 Å². The summed E-state index contributed by atoms with van der Waals surface area (Å²) in [5.41, 5.74) is 0.461. The van der Waals surface area contributed by atoms with E-state index >= 15 is 0 Å². The molecule has 0 unspecified atom stereocenters. The number of rotatable bonds is 3. The minimum Gasteiger partial charge on any atom is -0.331 e. The number of amides is 2. The molecule has 21 heavy (non-hydrogen) atoms. The van der Waals surface area contributed by atoms with Gasteiger partial charge in [0.05, 0.1) is 4.90 Å². The molecule has 1 aromatic carbocycles. The third-order valence-electron chi connectivity index (χ3n) is 3.41. The van der Waals surface area contributed by atoms with Crippen molar-refractivity contribution in [3.63, 3.8) is 0 Å². The van der Waals surface area contributed by atoms with Crippen molar-refractivity contribution >= 4 is 27.5 Å². The Hall–Kier alpha value is -1.93. The average Bonchev–Trinajstić information content (AvgIpc) is 2.87. The largest absolute Gasteiger partial charge is 0.331 e. The Labute approximate surface area is 123 Å². The van der Waals surface area contributed by atoms with E-state index in [1.165, 1.54) is 36.1 Å². The van der Waals surface area contributed by atoms with E-state index in [-0.39, 0.29) is 16.7 Å². The lowest BCUT2D eigenvalue weighted by atomic mass is 10.2. The first-order valence-corrected chi connectivity index (χ1v) is 8.04. The second-order valence-corrected chi connectivity index (χ2v) is 6.49. The van der Waals surface area contributed by atoms with Gasteiger partial charge in [-0.25, -0.2) is 13.6 Å². The SMILES string of the molecule is CC(=O)N1CCC[C@@H]1C(=O)Nc1ccc(S(N)(=O)=O)cc1. The van der Waals surface area contributed by atoms with Gasteiger partial charge in [0.15, 0.2) is 0 Å². The molecule has 0 spiro atoms. The Morgan fingerprint density at radius 3 is 2.43 bits per heavy atom. The average molecular weight is 311 g/mol. The number of primary sulfonamides is 1. The number of benzene rings is 1. The highest BCUT2D eigenvalue weighted by atomic mass is 32.2. The van der Waals surface area contributed by atoms with Crippen molar-refractivity contribution in [1.29, 1.82) is 0 Å². The van der Waals surface area contributed by atoms with Gasteiger partial charge < -0.3 is 10.2 Å². The highest BCUT2D eigenvalue weighted by molar-refractivity contribution is 7.89. The van der Waals surface area contributed by atoms with E-state index in [0.717, 1.165) is 6.42 Å². The fraction of sp³-hybridized carbons (Fsp3) is 0.385. The van der Waals surface area contributed by atoms with Crippen LogP contribution in [0.4, 0.5) is 5.69 Å². The van der Waals surface area contributed by atoms with E-state index in [2.05, 4.69) is 5.32 Å². The van der Waals surface area contributed by atoms with Crippen molar-refractivity contribution in [3.8, 4) is 0 Å². The fourth-order valence-corrected chi connectivity index (χ4v) is 2.89. The van der Waals surface area contributed by atoms with Crippen LogP contribution in [0.1, 0.15) is 19.8 Å². The summed E-state index contributed by atoms with van der Waals surface area (Å²) in [4.78, 5) is 25.1. The topological polar surface area (TPSA) is 110 Å². The molecular formula is C13H17N3O4S. The number of likely N-dealkylation sites (tertiary alicyclic amines) is 1. The quantitative estimate of drug-likeness (QED) is 0.835. The van der Waals surface area contributed by atoms with Gasteiger partial charge in [-0.3, -0.25) is 9.59 Å². The Kier molecular flexibility index (Phi) is 4.29. The molecule has 0 aliphatic carbocycles. The number of sulfonamides is 1. The number of carbonyl (C=O) groups is 2. The molecule has 0 aromatic heterocycles. The molecule has 1 aliphatic heterocycles. The number of nitrogens with zero attached hydrogens (tertiary/aromatic N) is 1. The van der Waals surface area contributed by atoms with Crippen molar-refractivity contribution in [1.82, 2.24) is 4.90 Å². The zero-order valence-corrected chi connectivity index (χ0v) is 12.4. The molecule has 1 fully saturated rings. The molecule has 1 saturated heterocycles. The molecule has 3 N–H and O–H groups in total. The van der Waals surface area contributed by atoms with E-state index < -0.39 is 16.1 Å². The summed E-state index contributed by atoms with van der Waals surface area (Å²) in [5.74, 6) is -0.400. The third-order valence-corrected chi connectivity index (χ3v) is 4.34. The molecule has 114 valence electrons. The van der Waals surface area contributed by atoms with Gasteiger partial charge in [0.25, 0.3) is 0 Å². The summed E-state index contributed by atoms with van der Waals surface area (Å²) in [6, 6.07) is 5.10. The molecule has 7 nitrogen and oxygen atoms in total. The number of nitrogens with two attached hydrogens (primary N) is 1. The zero-order valence-electron chi connectivity index (χ0n) is 11.6. The number of hydrogen-bond acceptors (Lipinski definition) is 4. The Morgan fingerprint density at radius 1 is 1.29 bits per heavy atom. The van der Waals surface area contributed by atoms with Crippen molar-refractivity contribution in [2.75, 3.05) is 11.9 Å². The number of carbonyl (C=O) groups excluding carboxylic acids is 2. The second kappa shape index (κ2) is 5.82. The zero-order chi connectivity index (χ0) is 15.6. The highest BCUT2D eigenvalue weighted by Crippen LogP contribution is 2.20. The Bertz CT molecular complexity index is 654. The van der Waals surface area contributed by atoms with Gasteiger partial charge in [-0.1, -0.05) is 0 Å². The maximum atomic E-state index is 12.2. The summed E-state index contributed by atoms with van der Waals surface area (Å²) in [6.07, 6.45) is 1.42. The summed E-state index contributed by atoms with van der Waals surface area (Å²) >= 11 is 0. The predicted molar refractivity (Wildman–Crippen MR) is 76.9 cm³/mol. The van der Waals surface area contributed by atoms with E-state index in [1.54, 1.807) is 0 Å². The number of hydrogen-bond donors (Lipinski definition) is 2. The predicted octanol–water partition coefficient (Wildman–Crippen LogP) is 0.283. The van der Waals surface area contributed by atoms with Gasteiger partial charge in [0.1, 0.15) is 6.04 Å². The highest BCUT2D eigenvalue weighted by Gasteiger charge is 2.32. The lowest BCUT2D eigenvalue weighted by molar-refractivity contribution is -0.134. The normalized spacial score (nSPS) is 18.6. The first kappa shape index (κ1) is 15.5. The van der Waals surface area contributed by atoms with Crippen LogP contribution in [-0.4, -0.2) is 37.7 Å². The van der Waals surface area contributed by atoms with Gasteiger partial charge >= 0.3 is 0 Å². The van der Waals surface area contributed by atoms with E-state index in [9.17, 15) is 18.0 Å². The van der Waals surface area contributed by atoms with Crippen molar-refractivity contribution in [2.24, 2.45) is 5.14 Å². The molecule has 1 heterocycles. The first-order chi connectivity index (χ1) is 9.79. The van der Waals surface area contributed by atoms with Crippen LogP contribution in [0.15, 0.2) is 29.2 Å². The maximum absolute atomic E-state index is 12.2. The van der Waals surface area contributed by atoms with Crippen LogP contribution < -0.4 is 10.5 Å². The van der Waals surface area contributed by atoms with Crippen LogP contribution in [0, 0.1) is 0 Å². The molecule has 0 saturated carbocycles. The summed E-state index contributed by atoms with van der Waals surface area (Å²) in [5, 5.41) is 7.68. The summed E-state index contributed by atoms with van der Waals surface area (Å²) in [7, 11) is -3.75. The molecule has 2 rings (SSSR count).